The molecule has 0 spiro atoms. The molecule has 3 atom stereocenters. The molecule has 0 radical (unpaired) electrons. The summed E-state index contributed by atoms with van der Waals surface area (Å²) in [6, 6.07) is 0.822. The van der Waals surface area contributed by atoms with Crippen LogP contribution >= 0.6 is 9.24 Å². The van der Waals surface area contributed by atoms with Crippen LogP contribution in [0.3, 0.4) is 0 Å². The Morgan fingerprint density at radius 2 is 2.10 bits per heavy atom. The van der Waals surface area contributed by atoms with Gasteiger partial charge >= 0.3 is 0 Å². The monoisotopic (exact) mass is 159 g/mol. The largest absolute Gasteiger partial charge is 0.303 e. The quantitative estimate of drug-likeness (QED) is 0.525. The minimum atomic E-state index is 0.815. The zero-order valence-electron chi connectivity index (χ0n) is 7.17. The van der Waals surface area contributed by atoms with E-state index in [9.17, 15) is 0 Å². The first-order valence-electron chi connectivity index (χ1n) is 4.07. The van der Waals surface area contributed by atoms with E-state index >= 15 is 0 Å². The summed E-state index contributed by atoms with van der Waals surface area (Å²) in [7, 11) is 5.15. The molecule has 0 aromatic rings. The highest BCUT2D eigenvalue weighted by molar-refractivity contribution is 7.17. The van der Waals surface area contributed by atoms with Gasteiger partial charge in [-0.3, -0.25) is 0 Å². The van der Waals surface area contributed by atoms with Crippen molar-refractivity contribution in [2.45, 2.75) is 32.0 Å². The highest BCUT2D eigenvalue weighted by Crippen LogP contribution is 2.26. The fraction of sp³-hybridized carbons (Fsp3) is 1.00. The van der Waals surface area contributed by atoms with Crippen LogP contribution in [-0.2, 0) is 0 Å². The van der Waals surface area contributed by atoms with Crippen LogP contribution in [0.15, 0.2) is 0 Å². The molecule has 1 saturated heterocycles. The van der Waals surface area contributed by atoms with E-state index in [0.717, 1.165) is 17.6 Å². The van der Waals surface area contributed by atoms with Gasteiger partial charge in [0.05, 0.1) is 0 Å². The van der Waals surface area contributed by atoms with E-state index in [2.05, 4.69) is 35.0 Å². The van der Waals surface area contributed by atoms with Crippen LogP contribution in [0.25, 0.3) is 0 Å². The zero-order valence-corrected chi connectivity index (χ0v) is 8.33. The lowest BCUT2D eigenvalue weighted by Gasteiger charge is -2.22. The Hall–Kier alpha value is 0.390. The molecule has 1 rings (SSSR count). The van der Waals surface area contributed by atoms with Crippen LogP contribution in [0, 0.1) is 5.92 Å². The van der Waals surface area contributed by atoms with Gasteiger partial charge in [-0.25, -0.2) is 0 Å². The molecular formula is C8H18NP. The van der Waals surface area contributed by atoms with Gasteiger partial charge in [0.2, 0.25) is 0 Å². The number of nitrogens with zero attached hydrogens (tertiary/aromatic N) is 1. The summed E-state index contributed by atoms with van der Waals surface area (Å²) in [5.74, 6) is 0.815. The maximum atomic E-state index is 2.92. The van der Waals surface area contributed by atoms with Crippen molar-refractivity contribution in [1.29, 1.82) is 0 Å². The second-order valence-electron chi connectivity index (χ2n) is 3.75. The number of rotatable bonds is 1. The van der Waals surface area contributed by atoms with Gasteiger partial charge in [-0.05, 0) is 25.0 Å². The van der Waals surface area contributed by atoms with Crippen molar-refractivity contribution in [1.82, 2.24) is 4.90 Å². The molecule has 60 valence electrons. The Morgan fingerprint density at radius 3 is 2.30 bits per heavy atom. The van der Waals surface area contributed by atoms with Crippen molar-refractivity contribution in [2.75, 3.05) is 13.6 Å². The summed E-state index contributed by atoms with van der Waals surface area (Å²) in [6.45, 7) is 5.88. The van der Waals surface area contributed by atoms with Crippen molar-refractivity contribution in [3.05, 3.63) is 0 Å². The first-order chi connectivity index (χ1) is 4.61. The molecule has 1 aliphatic rings. The summed E-state index contributed by atoms with van der Waals surface area (Å²) in [5.41, 5.74) is 0.831. The first-order valence-corrected chi connectivity index (χ1v) is 4.73. The van der Waals surface area contributed by atoms with Crippen molar-refractivity contribution in [3.8, 4) is 0 Å². The van der Waals surface area contributed by atoms with Gasteiger partial charge in [-0.15, -0.1) is 9.24 Å². The second-order valence-corrected chi connectivity index (χ2v) is 4.69. The van der Waals surface area contributed by atoms with Gasteiger partial charge < -0.3 is 4.90 Å². The Balaban J connectivity index is 2.46. The highest BCUT2D eigenvalue weighted by Gasteiger charge is 2.28. The van der Waals surface area contributed by atoms with Crippen LogP contribution in [0.5, 0.6) is 0 Å². The van der Waals surface area contributed by atoms with Crippen LogP contribution in [-0.4, -0.2) is 30.2 Å². The SMILES string of the molecule is CC(C)C1CC(P)CN1C. The molecule has 0 amide bonds. The molecule has 1 nitrogen and oxygen atoms in total. The van der Waals surface area contributed by atoms with Crippen LogP contribution in [0.1, 0.15) is 20.3 Å². The lowest BCUT2D eigenvalue weighted by molar-refractivity contribution is 0.250. The maximum absolute atomic E-state index is 2.92. The van der Waals surface area contributed by atoms with E-state index < -0.39 is 0 Å². The third-order valence-corrected chi connectivity index (χ3v) is 2.89. The Kier molecular flexibility index (Phi) is 2.71. The molecule has 0 N–H and O–H groups in total. The molecule has 0 bridgehead atoms. The lowest BCUT2D eigenvalue weighted by Crippen LogP contribution is -2.29. The van der Waals surface area contributed by atoms with Crippen molar-refractivity contribution >= 4 is 9.24 Å². The van der Waals surface area contributed by atoms with Gasteiger partial charge in [-0.2, -0.15) is 0 Å². The first kappa shape index (κ1) is 8.49. The molecule has 1 fully saturated rings. The zero-order chi connectivity index (χ0) is 7.72. The van der Waals surface area contributed by atoms with Crippen molar-refractivity contribution in [2.24, 2.45) is 5.92 Å². The molecule has 3 unspecified atom stereocenters. The van der Waals surface area contributed by atoms with E-state index in [-0.39, 0.29) is 0 Å². The van der Waals surface area contributed by atoms with E-state index in [4.69, 9.17) is 0 Å². The maximum Gasteiger partial charge on any atom is 0.0122 e. The van der Waals surface area contributed by atoms with Crippen LogP contribution in [0.2, 0.25) is 0 Å². The molecule has 0 saturated carbocycles. The number of hydrogen-bond acceptors (Lipinski definition) is 1. The predicted octanol–water partition coefficient (Wildman–Crippen LogP) is 1.59. The molecule has 1 aliphatic heterocycles. The molecule has 1 heterocycles. The van der Waals surface area contributed by atoms with Crippen molar-refractivity contribution < 1.29 is 0 Å². The van der Waals surface area contributed by atoms with E-state index in [1.165, 1.54) is 13.0 Å². The average molecular weight is 159 g/mol. The fourth-order valence-corrected chi connectivity index (χ4v) is 2.46. The topological polar surface area (TPSA) is 3.24 Å². The average Bonchev–Trinajstić information content (AvgIpc) is 2.10. The van der Waals surface area contributed by atoms with Gasteiger partial charge in [0.25, 0.3) is 0 Å². The predicted molar refractivity (Wildman–Crippen MR) is 49.4 cm³/mol. The third-order valence-electron chi connectivity index (χ3n) is 2.40. The number of likely N-dealkylation sites (tertiary alicyclic amines) is 1. The molecular weight excluding hydrogens is 141 g/mol. The minimum Gasteiger partial charge on any atom is -0.303 e. The third kappa shape index (κ3) is 1.71. The van der Waals surface area contributed by atoms with Crippen LogP contribution < -0.4 is 0 Å². The highest BCUT2D eigenvalue weighted by atomic mass is 31.0. The normalized spacial score (nSPS) is 35.7. The summed E-state index contributed by atoms with van der Waals surface area (Å²) in [4.78, 5) is 2.47. The molecule has 0 aromatic carbocycles. The van der Waals surface area contributed by atoms with E-state index in [1.807, 2.05) is 0 Å². The fourth-order valence-electron chi connectivity index (χ4n) is 1.85. The minimum absolute atomic E-state index is 0.815. The Morgan fingerprint density at radius 1 is 1.50 bits per heavy atom. The van der Waals surface area contributed by atoms with Gasteiger partial charge in [0.1, 0.15) is 0 Å². The second kappa shape index (κ2) is 3.19. The van der Waals surface area contributed by atoms with Crippen molar-refractivity contribution in [3.63, 3.8) is 0 Å². The van der Waals surface area contributed by atoms with Gasteiger partial charge in [0.15, 0.2) is 0 Å². The Bertz CT molecular complexity index is 114. The van der Waals surface area contributed by atoms with Crippen LogP contribution in [0.4, 0.5) is 0 Å². The molecule has 10 heavy (non-hydrogen) atoms. The standard InChI is InChI=1S/C8H18NP/c1-6(2)8-4-7(10)5-9(8)3/h6-8H,4-5,10H2,1-3H3. The Labute approximate surface area is 66.4 Å². The summed E-state index contributed by atoms with van der Waals surface area (Å²) < 4.78 is 0. The van der Waals surface area contributed by atoms with E-state index in [1.54, 1.807) is 0 Å². The molecule has 2 heteroatoms. The smallest absolute Gasteiger partial charge is 0.0122 e. The number of hydrogen-bond donors (Lipinski definition) is 0. The summed E-state index contributed by atoms with van der Waals surface area (Å²) >= 11 is 0. The lowest BCUT2D eigenvalue weighted by atomic mass is 10.0. The van der Waals surface area contributed by atoms with E-state index in [0.29, 0.717) is 0 Å². The van der Waals surface area contributed by atoms with Gasteiger partial charge in [0, 0.05) is 12.6 Å². The van der Waals surface area contributed by atoms with Gasteiger partial charge in [-0.1, -0.05) is 13.8 Å². The summed E-state index contributed by atoms with van der Waals surface area (Å²) in [6.07, 6.45) is 1.36. The molecule has 0 aliphatic carbocycles. The molecule has 0 aromatic heterocycles. The summed E-state index contributed by atoms with van der Waals surface area (Å²) in [5, 5.41) is 0.